The number of anilines is 3. The van der Waals surface area contributed by atoms with E-state index in [0.717, 1.165) is 61.6 Å². The van der Waals surface area contributed by atoms with E-state index >= 15 is 0 Å². The van der Waals surface area contributed by atoms with Crippen LogP contribution in [-0.4, -0.2) is 177 Å². The molecule has 1 atom stereocenters. The first kappa shape index (κ1) is 64.7. The van der Waals surface area contributed by atoms with Crippen molar-refractivity contribution in [2.75, 3.05) is 114 Å². The van der Waals surface area contributed by atoms with Gasteiger partial charge in [0.25, 0.3) is 39.0 Å². The SMILES string of the molecule is Cn1c(=O)c2nc3[nH]ccc3cc2n1-c1cc(N2CCN(CC3=C(c4ccc(Cl)cc4)CC(C)(C)CC3)CC2)ccc1C(=O)NS(=O)(=O)c1ccc(NCCOCCOCCOCCOCCNc2cccc3c2C(=O)N(C2CCC(=O)NC2=O)C3=O)c([N+](=O)[O-])c1. The highest BCUT2D eigenvalue weighted by molar-refractivity contribution is 7.90. The van der Waals surface area contributed by atoms with Gasteiger partial charge < -0.3 is 39.5 Å². The zero-order chi connectivity index (χ0) is 64.8. The van der Waals surface area contributed by atoms with Crippen LogP contribution < -0.4 is 31.1 Å². The normalized spacial score (nSPS) is 17.0. The molecule has 484 valence electrons. The second-order valence-corrected chi connectivity index (χ2v) is 25.8. The Hall–Kier alpha value is -8.83. The number of rotatable bonds is 27. The average Bonchev–Trinajstić information content (AvgIpc) is 1.58. The standard InChI is InChI=1S/C64H71ClN12O14S/c1-64(2)19-17-42(48(38-64)40-7-9-43(65)10-8-40)39-73-23-25-74(26-24-73)44-11-13-46(52(36-44)76-54-35-41-18-20-68-58(41)70-57(54)63(83)72(76)3)59(79)71-92(86,87)45-12-14-49(53(37-45)77(84)85)66-21-27-88-29-31-90-33-34-91-32-30-89-28-22-67-50-6-4-5-47-56(50)62(82)75(61(47)81)51-15-16-55(78)69-60(51)80/h4-14,18,20,35-37,51,66-67H,15-17,19,21-34,38-39H2,1-3H3,(H,68,70)(H,71,79)(H,69,78,80). The molecule has 0 spiro atoms. The molecule has 6 heterocycles. The predicted octanol–water partition coefficient (Wildman–Crippen LogP) is 6.66. The number of nitrogens with one attached hydrogen (secondary N) is 5. The van der Waals surface area contributed by atoms with Crippen LogP contribution in [0.4, 0.5) is 22.7 Å². The molecule has 26 nitrogen and oxygen atoms in total. The summed E-state index contributed by atoms with van der Waals surface area (Å²) in [5.41, 5.74) is 5.82. The first-order chi connectivity index (χ1) is 44.2. The second kappa shape index (κ2) is 28.0. The number of benzene rings is 4. The van der Waals surface area contributed by atoms with Gasteiger partial charge in [-0.1, -0.05) is 49.2 Å². The van der Waals surface area contributed by atoms with Crippen LogP contribution in [0.25, 0.3) is 33.3 Å². The molecule has 11 rings (SSSR count). The lowest BCUT2D eigenvalue weighted by Crippen LogP contribution is -2.54. The first-order valence-corrected chi connectivity index (χ1v) is 32.2. The fraction of sp³-hybridized carbons (Fsp3) is 0.391. The van der Waals surface area contributed by atoms with E-state index in [0.29, 0.717) is 46.9 Å². The van der Waals surface area contributed by atoms with Crippen molar-refractivity contribution in [2.45, 2.75) is 56.9 Å². The number of H-pyrrole nitrogens is 1. The molecule has 4 aliphatic rings. The number of nitrogens with zero attached hydrogens (tertiary/aromatic N) is 7. The van der Waals surface area contributed by atoms with E-state index in [1.165, 1.54) is 39.6 Å². The lowest BCUT2D eigenvalue weighted by Gasteiger charge is -2.39. The molecular weight excluding hydrogens is 1230 g/mol. The van der Waals surface area contributed by atoms with E-state index in [-0.39, 0.29) is 111 Å². The van der Waals surface area contributed by atoms with Gasteiger partial charge in [-0.25, -0.2) is 27.5 Å². The molecule has 0 saturated carbocycles. The fourth-order valence-electron chi connectivity index (χ4n) is 12.1. The molecule has 4 aromatic carbocycles. The van der Waals surface area contributed by atoms with E-state index < -0.39 is 66.7 Å². The largest absolute Gasteiger partial charge is 0.382 e. The number of halogens is 1. The number of nitro groups is 1. The average molecular weight is 1300 g/mol. The maximum atomic E-state index is 14.5. The summed E-state index contributed by atoms with van der Waals surface area (Å²) in [5.74, 6) is -3.36. The van der Waals surface area contributed by atoms with Gasteiger partial charge in [-0.3, -0.25) is 54.0 Å². The number of amides is 5. The van der Waals surface area contributed by atoms with Gasteiger partial charge in [-0.05, 0) is 109 Å². The highest BCUT2D eigenvalue weighted by Crippen LogP contribution is 2.44. The Morgan fingerprint density at radius 2 is 1.49 bits per heavy atom. The van der Waals surface area contributed by atoms with Gasteiger partial charge in [-0.15, -0.1) is 0 Å². The van der Waals surface area contributed by atoms with Crippen LogP contribution in [0.15, 0.2) is 112 Å². The molecule has 28 heteroatoms. The number of imide groups is 2. The van der Waals surface area contributed by atoms with Crippen molar-refractivity contribution in [1.29, 1.82) is 0 Å². The number of hydrogen-bond acceptors (Lipinski definition) is 19. The number of sulfonamides is 1. The first-order valence-electron chi connectivity index (χ1n) is 30.4. The van der Waals surface area contributed by atoms with E-state index in [9.17, 15) is 47.3 Å². The van der Waals surface area contributed by atoms with Gasteiger partial charge in [0.1, 0.15) is 17.4 Å². The van der Waals surface area contributed by atoms with Gasteiger partial charge in [0.15, 0.2) is 5.52 Å². The van der Waals surface area contributed by atoms with Crippen LogP contribution in [0.1, 0.15) is 82.6 Å². The Morgan fingerprint density at radius 1 is 0.804 bits per heavy atom. The van der Waals surface area contributed by atoms with Crippen LogP contribution in [0.5, 0.6) is 0 Å². The Bertz CT molecular complexity index is 4210. The summed E-state index contributed by atoms with van der Waals surface area (Å²) >= 11 is 6.28. The Kier molecular flexibility index (Phi) is 19.7. The Balaban J connectivity index is 0.646. The molecule has 2 fully saturated rings. The van der Waals surface area contributed by atoms with E-state index in [1.807, 2.05) is 12.1 Å². The molecule has 0 radical (unpaired) electrons. The summed E-state index contributed by atoms with van der Waals surface area (Å²) in [4.78, 5) is 103. The zero-order valence-electron chi connectivity index (χ0n) is 51.1. The summed E-state index contributed by atoms with van der Waals surface area (Å²) in [6.45, 7) is 10.6. The molecule has 0 bridgehead atoms. The minimum atomic E-state index is -4.74. The number of carbonyl (C=O) groups is 5. The summed E-state index contributed by atoms with van der Waals surface area (Å²) in [6, 6.07) is 23.7. The van der Waals surface area contributed by atoms with Crippen LogP contribution in [0.3, 0.4) is 0 Å². The number of pyridine rings is 1. The maximum Gasteiger partial charge on any atom is 0.293 e. The third-order valence-corrected chi connectivity index (χ3v) is 18.5. The minimum Gasteiger partial charge on any atom is -0.382 e. The van der Waals surface area contributed by atoms with E-state index in [1.54, 1.807) is 54.3 Å². The number of nitro benzene ring substituents is 1. The fourth-order valence-corrected chi connectivity index (χ4v) is 13.2. The number of piperazine rings is 1. The topological polar surface area (TPSA) is 313 Å². The number of aromatic amines is 1. The van der Waals surface area contributed by atoms with Crippen molar-refractivity contribution >= 4 is 102 Å². The van der Waals surface area contributed by atoms with Gasteiger partial charge in [0.05, 0.1) is 90.6 Å². The van der Waals surface area contributed by atoms with Crippen LogP contribution >= 0.6 is 11.6 Å². The lowest BCUT2D eigenvalue weighted by atomic mass is 9.72. The lowest BCUT2D eigenvalue weighted by molar-refractivity contribution is -0.384. The molecule has 2 saturated heterocycles. The van der Waals surface area contributed by atoms with Crippen molar-refractivity contribution in [2.24, 2.45) is 12.5 Å². The van der Waals surface area contributed by atoms with Gasteiger partial charge in [0.2, 0.25) is 11.8 Å². The summed E-state index contributed by atoms with van der Waals surface area (Å²) in [5, 5.41) is 22.0. The maximum absolute atomic E-state index is 14.5. The third kappa shape index (κ3) is 14.3. The molecule has 92 heavy (non-hydrogen) atoms. The minimum absolute atomic E-state index is 0.0215. The number of piperidine rings is 1. The van der Waals surface area contributed by atoms with Crippen molar-refractivity contribution in [1.82, 2.24) is 39.2 Å². The molecular formula is C64H71ClN12O14S. The monoisotopic (exact) mass is 1300 g/mol. The highest BCUT2D eigenvalue weighted by atomic mass is 35.5. The number of carbonyl (C=O) groups excluding carboxylic acids is 5. The van der Waals surface area contributed by atoms with Crippen molar-refractivity contribution in [3.63, 3.8) is 0 Å². The molecule has 7 aromatic rings. The molecule has 3 aromatic heterocycles. The molecule has 1 aliphatic carbocycles. The van der Waals surface area contributed by atoms with Crippen LogP contribution in [0, 0.1) is 15.5 Å². The molecule has 5 amide bonds. The van der Waals surface area contributed by atoms with Crippen molar-refractivity contribution < 1.29 is 56.3 Å². The Morgan fingerprint density at radius 3 is 2.17 bits per heavy atom. The van der Waals surface area contributed by atoms with Gasteiger partial charge in [0, 0.05) is 93.3 Å². The molecule has 3 aliphatic heterocycles. The molecule has 5 N–H and O–H groups in total. The van der Waals surface area contributed by atoms with Gasteiger partial charge in [-0.2, -0.15) is 0 Å². The van der Waals surface area contributed by atoms with Crippen molar-refractivity contribution in [3.8, 4) is 5.69 Å². The number of aromatic nitrogens is 4. The Labute approximate surface area is 534 Å². The molecule has 1 unspecified atom stereocenters. The van der Waals surface area contributed by atoms with E-state index in [2.05, 4.69) is 66.4 Å². The van der Waals surface area contributed by atoms with Gasteiger partial charge >= 0.3 is 0 Å². The second-order valence-electron chi connectivity index (χ2n) is 23.7. The number of ether oxygens (including phenoxy) is 4. The third-order valence-electron chi connectivity index (χ3n) is 16.9. The number of allylic oxidation sites excluding steroid dienone is 1. The highest BCUT2D eigenvalue weighted by Gasteiger charge is 2.46. The number of fused-ring (bicyclic) bond motifs is 3. The van der Waals surface area contributed by atoms with Crippen molar-refractivity contribution in [3.05, 3.63) is 151 Å². The summed E-state index contributed by atoms with van der Waals surface area (Å²) < 4.78 is 55.6. The summed E-state index contributed by atoms with van der Waals surface area (Å²) in [7, 11) is -3.19. The van der Waals surface area contributed by atoms with E-state index in [4.69, 9.17) is 30.5 Å². The summed E-state index contributed by atoms with van der Waals surface area (Å²) in [6.07, 6.45) is 4.85. The van der Waals surface area contributed by atoms with Crippen LogP contribution in [-0.2, 0) is 45.6 Å². The quantitative estimate of drug-likeness (QED) is 0.0155. The smallest absolute Gasteiger partial charge is 0.293 e. The predicted molar refractivity (Wildman–Crippen MR) is 344 cm³/mol. The zero-order valence-corrected chi connectivity index (χ0v) is 52.7. The number of hydrogen-bond donors (Lipinski definition) is 5. The van der Waals surface area contributed by atoms with Crippen LogP contribution in [0.2, 0.25) is 5.02 Å².